The van der Waals surface area contributed by atoms with Crippen LogP contribution in [0.3, 0.4) is 0 Å². The molecule has 2 rings (SSSR count). The Morgan fingerprint density at radius 2 is 2.28 bits per heavy atom. The van der Waals surface area contributed by atoms with Crippen molar-refractivity contribution in [3.05, 3.63) is 22.2 Å². The van der Waals surface area contributed by atoms with Gasteiger partial charge in [-0.05, 0) is 5.92 Å². The number of anilines is 1. The van der Waals surface area contributed by atoms with Gasteiger partial charge in [-0.1, -0.05) is 6.92 Å². The zero-order valence-electron chi connectivity index (χ0n) is 10.4. The number of hydrogen-bond donors (Lipinski definition) is 1. The third-order valence-electron chi connectivity index (χ3n) is 3.20. The van der Waals surface area contributed by atoms with Gasteiger partial charge in [0.05, 0.1) is 12.0 Å². The van der Waals surface area contributed by atoms with Crippen molar-refractivity contribution in [2.75, 3.05) is 25.1 Å². The zero-order valence-corrected chi connectivity index (χ0v) is 10.4. The smallest absolute Gasteiger partial charge is 0.311 e. The predicted octanol–water partition coefficient (Wildman–Crippen LogP) is 0.782. The van der Waals surface area contributed by atoms with E-state index >= 15 is 0 Å². The second-order valence-corrected chi connectivity index (χ2v) is 4.50. The van der Waals surface area contributed by atoms with E-state index in [1.165, 1.54) is 19.2 Å². The average molecular weight is 252 g/mol. The van der Waals surface area contributed by atoms with Crippen molar-refractivity contribution >= 4 is 11.5 Å². The molecule has 98 valence electrons. The summed E-state index contributed by atoms with van der Waals surface area (Å²) in [6.07, 6.45) is 0. The van der Waals surface area contributed by atoms with Crippen LogP contribution in [0.1, 0.15) is 6.92 Å². The van der Waals surface area contributed by atoms with Crippen LogP contribution in [0, 0.1) is 16.0 Å². The highest BCUT2D eigenvalue weighted by Crippen LogP contribution is 2.31. The summed E-state index contributed by atoms with van der Waals surface area (Å²) in [6, 6.07) is 2.91. The lowest BCUT2D eigenvalue weighted by atomic mass is 10.1. The molecule has 7 nitrogen and oxygen atoms in total. The van der Waals surface area contributed by atoms with Crippen LogP contribution in [0.4, 0.5) is 11.5 Å². The van der Waals surface area contributed by atoms with Crippen LogP contribution in [0.15, 0.2) is 12.1 Å². The first kappa shape index (κ1) is 12.6. The molecule has 0 radical (unpaired) electrons. The molecule has 2 heterocycles. The number of rotatable bonds is 3. The second-order valence-electron chi connectivity index (χ2n) is 4.50. The Labute approximate surface area is 105 Å². The third kappa shape index (κ3) is 2.21. The van der Waals surface area contributed by atoms with Gasteiger partial charge in [0.15, 0.2) is 0 Å². The van der Waals surface area contributed by atoms with Gasteiger partial charge in [-0.3, -0.25) is 10.1 Å². The number of nitro groups is 1. The van der Waals surface area contributed by atoms with Crippen molar-refractivity contribution < 1.29 is 9.66 Å². The Bertz CT molecular complexity index is 456. The third-order valence-corrected chi connectivity index (χ3v) is 3.20. The number of methoxy groups -OCH3 is 1. The molecule has 0 bridgehead atoms. The number of nitrogens with two attached hydrogens (primary N) is 1. The van der Waals surface area contributed by atoms with Crippen molar-refractivity contribution in [2.45, 2.75) is 13.0 Å². The summed E-state index contributed by atoms with van der Waals surface area (Å²) in [5, 5.41) is 11.0. The predicted molar refractivity (Wildman–Crippen MR) is 66.8 cm³/mol. The van der Waals surface area contributed by atoms with Gasteiger partial charge in [0, 0.05) is 31.3 Å². The van der Waals surface area contributed by atoms with Gasteiger partial charge >= 0.3 is 5.69 Å². The summed E-state index contributed by atoms with van der Waals surface area (Å²) >= 11 is 0. The molecule has 0 aliphatic carbocycles. The molecule has 2 N–H and O–H groups in total. The van der Waals surface area contributed by atoms with E-state index in [1.807, 2.05) is 11.8 Å². The first-order valence-electron chi connectivity index (χ1n) is 5.73. The molecule has 18 heavy (non-hydrogen) atoms. The molecule has 1 fully saturated rings. The molecule has 0 spiro atoms. The molecule has 2 atom stereocenters. The maximum Gasteiger partial charge on any atom is 0.311 e. The minimum absolute atomic E-state index is 0.0117. The first-order chi connectivity index (χ1) is 8.52. The van der Waals surface area contributed by atoms with E-state index < -0.39 is 4.92 Å². The highest BCUT2D eigenvalue weighted by molar-refractivity contribution is 5.59. The maximum absolute atomic E-state index is 11.0. The van der Waals surface area contributed by atoms with Crippen molar-refractivity contribution in [1.82, 2.24) is 4.98 Å². The van der Waals surface area contributed by atoms with Gasteiger partial charge in [-0.2, -0.15) is 4.98 Å². The monoisotopic (exact) mass is 252 g/mol. The lowest BCUT2D eigenvalue weighted by Gasteiger charge is -2.17. The van der Waals surface area contributed by atoms with E-state index in [1.54, 1.807) is 0 Å². The number of pyridine rings is 1. The Hall–Kier alpha value is -1.89. The van der Waals surface area contributed by atoms with Gasteiger partial charge < -0.3 is 15.4 Å². The Morgan fingerprint density at radius 3 is 2.78 bits per heavy atom. The SMILES string of the molecule is COc1ccc([N+](=O)[O-])c(N2CC(C)C(N)C2)n1. The van der Waals surface area contributed by atoms with Crippen molar-refractivity contribution in [3.8, 4) is 5.88 Å². The molecule has 1 aliphatic rings. The molecular formula is C11H16N4O3. The molecule has 0 amide bonds. The lowest BCUT2D eigenvalue weighted by molar-refractivity contribution is -0.384. The second kappa shape index (κ2) is 4.77. The topological polar surface area (TPSA) is 94.5 Å². The molecule has 0 aromatic carbocycles. The fraction of sp³-hybridized carbons (Fsp3) is 0.545. The Balaban J connectivity index is 2.38. The van der Waals surface area contributed by atoms with Crippen molar-refractivity contribution in [1.29, 1.82) is 0 Å². The summed E-state index contributed by atoms with van der Waals surface area (Å²) in [7, 11) is 1.48. The van der Waals surface area contributed by atoms with Gasteiger partial charge in [0.1, 0.15) is 0 Å². The van der Waals surface area contributed by atoms with Gasteiger partial charge in [-0.25, -0.2) is 0 Å². The van der Waals surface area contributed by atoms with Crippen LogP contribution in [-0.2, 0) is 0 Å². The summed E-state index contributed by atoms with van der Waals surface area (Å²) in [4.78, 5) is 16.6. The Morgan fingerprint density at radius 1 is 1.56 bits per heavy atom. The van der Waals surface area contributed by atoms with Gasteiger partial charge in [0.2, 0.25) is 11.7 Å². The molecule has 1 aromatic rings. The van der Waals surface area contributed by atoms with E-state index in [0.717, 1.165) is 0 Å². The summed E-state index contributed by atoms with van der Waals surface area (Å²) < 4.78 is 5.01. The number of hydrogen-bond acceptors (Lipinski definition) is 6. The molecule has 2 unspecified atom stereocenters. The van der Waals surface area contributed by atoms with Crippen molar-refractivity contribution in [3.63, 3.8) is 0 Å². The van der Waals surface area contributed by atoms with E-state index in [9.17, 15) is 10.1 Å². The highest BCUT2D eigenvalue weighted by atomic mass is 16.6. The van der Waals surface area contributed by atoms with Crippen molar-refractivity contribution in [2.24, 2.45) is 11.7 Å². The summed E-state index contributed by atoms with van der Waals surface area (Å²) in [5.41, 5.74) is 5.92. The number of ether oxygens (including phenoxy) is 1. The maximum atomic E-state index is 11.0. The van der Waals surface area contributed by atoms with Crippen LogP contribution in [0.2, 0.25) is 0 Å². The molecule has 1 saturated heterocycles. The van der Waals surface area contributed by atoms with Crippen LogP contribution in [-0.4, -0.2) is 36.1 Å². The van der Waals surface area contributed by atoms with Crippen LogP contribution < -0.4 is 15.4 Å². The normalized spacial score (nSPS) is 23.2. The highest BCUT2D eigenvalue weighted by Gasteiger charge is 2.32. The molecular weight excluding hydrogens is 236 g/mol. The van der Waals surface area contributed by atoms with E-state index in [0.29, 0.717) is 24.8 Å². The van der Waals surface area contributed by atoms with Crippen LogP contribution in [0.25, 0.3) is 0 Å². The molecule has 1 aromatic heterocycles. The Kier molecular flexibility index (Phi) is 3.33. The zero-order chi connectivity index (χ0) is 13.3. The minimum atomic E-state index is -0.434. The van der Waals surface area contributed by atoms with Crippen LogP contribution in [0.5, 0.6) is 5.88 Å². The molecule has 0 saturated carbocycles. The van der Waals surface area contributed by atoms with E-state index in [-0.39, 0.29) is 17.6 Å². The number of nitrogens with zero attached hydrogens (tertiary/aromatic N) is 3. The summed E-state index contributed by atoms with van der Waals surface area (Å²) in [6.45, 7) is 3.26. The lowest BCUT2D eigenvalue weighted by Crippen LogP contribution is -2.29. The van der Waals surface area contributed by atoms with Crippen LogP contribution >= 0.6 is 0 Å². The number of aromatic nitrogens is 1. The van der Waals surface area contributed by atoms with E-state index in [2.05, 4.69) is 4.98 Å². The average Bonchev–Trinajstić information content (AvgIpc) is 2.68. The molecule has 7 heteroatoms. The fourth-order valence-corrected chi connectivity index (χ4v) is 2.08. The largest absolute Gasteiger partial charge is 0.481 e. The first-order valence-corrected chi connectivity index (χ1v) is 5.73. The van der Waals surface area contributed by atoms with Gasteiger partial charge in [0.25, 0.3) is 0 Å². The minimum Gasteiger partial charge on any atom is -0.481 e. The van der Waals surface area contributed by atoms with E-state index in [4.69, 9.17) is 10.5 Å². The standard InChI is InChI=1S/C11H16N4O3/c1-7-5-14(6-8(7)12)11-9(15(16)17)3-4-10(13-11)18-2/h3-4,7-8H,5-6,12H2,1-2H3. The molecule has 1 aliphatic heterocycles. The summed E-state index contributed by atoms with van der Waals surface area (Å²) in [5.74, 6) is 0.987. The van der Waals surface area contributed by atoms with Gasteiger partial charge in [-0.15, -0.1) is 0 Å². The quantitative estimate of drug-likeness (QED) is 0.631. The fourth-order valence-electron chi connectivity index (χ4n) is 2.08.